The molecule has 0 saturated carbocycles. The van der Waals surface area contributed by atoms with Crippen LogP contribution >= 0.6 is 0 Å². The van der Waals surface area contributed by atoms with Gasteiger partial charge in [-0.3, -0.25) is 0 Å². The van der Waals surface area contributed by atoms with Gasteiger partial charge in [-0.2, -0.15) is 0 Å². The monoisotopic (exact) mass is 251 g/mol. The van der Waals surface area contributed by atoms with Crippen molar-refractivity contribution in [2.75, 3.05) is 6.54 Å². The van der Waals surface area contributed by atoms with Gasteiger partial charge in [0, 0.05) is 12.6 Å². The van der Waals surface area contributed by atoms with Crippen LogP contribution in [0.25, 0.3) is 0 Å². The molecule has 0 heterocycles. The highest BCUT2D eigenvalue weighted by Crippen LogP contribution is 2.30. The predicted octanol–water partition coefficient (Wildman–Crippen LogP) is 2.95. The normalized spacial score (nSPS) is 20.5. The van der Waals surface area contributed by atoms with Crippen molar-refractivity contribution in [3.63, 3.8) is 0 Å². The van der Waals surface area contributed by atoms with Crippen LogP contribution in [0.3, 0.4) is 0 Å². The molecule has 1 aromatic carbocycles. The van der Waals surface area contributed by atoms with Gasteiger partial charge >= 0.3 is 0 Å². The lowest BCUT2D eigenvalue weighted by atomic mass is 9.87. The lowest BCUT2D eigenvalue weighted by Crippen LogP contribution is -2.32. The molecule has 18 heavy (non-hydrogen) atoms. The summed E-state index contributed by atoms with van der Waals surface area (Å²) in [5.41, 5.74) is 2.31. The fourth-order valence-electron chi connectivity index (χ4n) is 2.70. The first-order chi connectivity index (χ1) is 8.70. The van der Waals surface area contributed by atoms with E-state index in [-0.39, 0.29) is 18.0 Å². The van der Waals surface area contributed by atoms with Gasteiger partial charge in [0.25, 0.3) is 0 Å². The number of benzene rings is 1. The van der Waals surface area contributed by atoms with Crippen LogP contribution in [0.15, 0.2) is 18.2 Å². The third kappa shape index (κ3) is 3.30. The van der Waals surface area contributed by atoms with Gasteiger partial charge in [-0.25, -0.2) is 4.39 Å². The number of fused-ring (bicyclic) bond motifs is 1. The summed E-state index contributed by atoms with van der Waals surface area (Å²) in [5.74, 6) is -0.170. The maximum absolute atomic E-state index is 13.3. The number of aryl methyl sites for hydroxylation is 1. The predicted molar refractivity (Wildman–Crippen MR) is 71.0 cm³/mol. The van der Waals surface area contributed by atoms with E-state index in [1.54, 1.807) is 6.07 Å². The van der Waals surface area contributed by atoms with Crippen LogP contribution in [0.5, 0.6) is 0 Å². The number of halogens is 1. The fraction of sp³-hybridized carbons (Fsp3) is 0.600. The molecule has 0 amide bonds. The van der Waals surface area contributed by atoms with Gasteiger partial charge in [-0.1, -0.05) is 19.4 Å². The van der Waals surface area contributed by atoms with Crippen molar-refractivity contribution in [2.45, 2.75) is 51.2 Å². The van der Waals surface area contributed by atoms with Crippen molar-refractivity contribution in [3.05, 3.63) is 35.1 Å². The maximum Gasteiger partial charge on any atom is 0.123 e. The number of aliphatic hydroxyl groups excluding tert-OH is 1. The molecule has 0 bridgehead atoms. The Morgan fingerprint density at radius 1 is 1.50 bits per heavy atom. The average Bonchev–Trinajstić information content (AvgIpc) is 2.36. The van der Waals surface area contributed by atoms with Crippen molar-refractivity contribution in [1.82, 2.24) is 5.32 Å². The Hall–Kier alpha value is -0.930. The molecular weight excluding hydrogens is 229 g/mol. The van der Waals surface area contributed by atoms with E-state index in [1.165, 1.54) is 11.6 Å². The molecule has 100 valence electrons. The second kappa shape index (κ2) is 6.30. The fourth-order valence-corrected chi connectivity index (χ4v) is 2.70. The van der Waals surface area contributed by atoms with Gasteiger partial charge in [0.15, 0.2) is 0 Å². The van der Waals surface area contributed by atoms with Crippen LogP contribution in [0.1, 0.15) is 49.8 Å². The van der Waals surface area contributed by atoms with Crippen molar-refractivity contribution < 1.29 is 9.50 Å². The highest BCUT2D eigenvalue weighted by Gasteiger charge is 2.20. The van der Waals surface area contributed by atoms with Crippen LogP contribution in [-0.2, 0) is 6.42 Å². The van der Waals surface area contributed by atoms with Crippen molar-refractivity contribution in [3.8, 4) is 0 Å². The molecule has 0 fully saturated rings. The highest BCUT2D eigenvalue weighted by molar-refractivity contribution is 5.32. The Bertz CT molecular complexity index is 394. The molecular formula is C15H22FNO. The molecule has 2 N–H and O–H groups in total. The van der Waals surface area contributed by atoms with Crippen LogP contribution in [0.4, 0.5) is 4.39 Å². The van der Waals surface area contributed by atoms with Gasteiger partial charge in [0.1, 0.15) is 5.82 Å². The topological polar surface area (TPSA) is 32.3 Å². The molecule has 0 saturated heterocycles. The molecule has 2 nitrogen and oxygen atoms in total. The maximum atomic E-state index is 13.3. The van der Waals surface area contributed by atoms with Crippen LogP contribution in [0.2, 0.25) is 0 Å². The summed E-state index contributed by atoms with van der Waals surface area (Å²) in [4.78, 5) is 0. The molecule has 3 heteroatoms. The summed E-state index contributed by atoms with van der Waals surface area (Å²) < 4.78 is 13.3. The van der Waals surface area contributed by atoms with E-state index in [1.807, 2.05) is 6.07 Å². The van der Waals surface area contributed by atoms with E-state index in [9.17, 15) is 9.50 Å². The van der Waals surface area contributed by atoms with E-state index >= 15 is 0 Å². The molecule has 0 aliphatic heterocycles. The zero-order chi connectivity index (χ0) is 13.0. The molecule has 2 atom stereocenters. The third-order valence-corrected chi connectivity index (χ3v) is 3.64. The quantitative estimate of drug-likeness (QED) is 0.843. The van der Waals surface area contributed by atoms with Gasteiger partial charge in [0.2, 0.25) is 0 Å². The first-order valence-electron chi connectivity index (χ1n) is 6.90. The van der Waals surface area contributed by atoms with E-state index < -0.39 is 0 Å². The number of hydrogen-bond donors (Lipinski definition) is 2. The van der Waals surface area contributed by atoms with E-state index in [2.05, 4.69) is 12.2 Å². The van der Waals surface area contributed by atoms with Crippen LogP contribution < -0.4 is 5.32 Å². The highest BCUT2D eigenvalue weighted by atomic mass is 19.1. The second-order valence-electron chi connectivity index (χ2n) is 5.14. The molecule has 1 aliphatic carbocycles. The summed E-state index contributed by atoms with van der Waals surface area (Å²) >= 11 is 0. The first-order valence-corrected chi connectivity index (χ1v) is 6.90. The lowest BCUT2D eigenvalue weighted by molar-refractivity contribution is 0.155. The Balaban J connectivity index is 2.01. The van der Waals surface area contributed by atoms with E-state index in [0.717, 1.165) is 37.7 Å². The van der Waals surface area contributed by atoms with E-state index in [4.69, 9.17) is 0 Å². The van der Waals surface area contributed by atoms with Crippen LogP contribution in [-0.4, -0.2) is 17.8 Å². The van der Waals surface area contributed by atoms with Crippen molar-refractivity contribution >= 4 is 0 Å². The summed E-state index contributed by atoms with van der Waals surface area (Å²) in [6, 6.07) is 5.25. The molecule has 0 radical (unpaired) electrons. The summed E-state index contributed by atoms with van der Waals surface area (Å²) in [5, 5.41) is 13.1. The Morgan fingerprint density at radius 3 is 3.11 bits per heavy atom. The zero-order valence-electron chi connectivity index (χ0n) is 11.0. The minimum atomic E-state index is -0.297. The zero-order valence-corrected chi connectivity index (χ0v) is 11.0. The molecule has 1 aliphatic rings. The number of hydrogen-bond acceptors (Lipinski definition) is 2. The van der Waals surface area contributed by atoms with Gasteiger partial charge in [-0.05, 0) is 48.9 Å². The Labute approximate surface area is 108 Å². The minimum absolute atomic E-state index is 0.170. The smallest absolute Gasteiger partial charge is 0.123 e. The summed E-state index contributed by atoms with van der Waals surface area (Å²) in [6.45, 7) is 2.66. The van der Waals surface area contributed by atoms with E-state index in [0.29, 0.717) is 6.54 Å². The average molecular weight is 251 g/mol. The minimum Gasteiger partial charge on any atom is -0.392 e. The second-order valence-corrected chi connectivity index (χ2v) is 5.14. The number of aliphatic hydroxyl groups is 1. The van der Waals surface area contributed by atoms with Gasteiger partial charge in [0.05, 0.1) is 6.10 Å². The lowest BCUT2D eigenvalue weighted by Gasteiger charge is -2.27. The SMILES string of the molecule is CCCC(O)CNC1CCCc2ccc(F)cc21. The van der Waals surface area contributed by atoms with Crippen molar-refractivity contribution in [2.24, 2.45) is 0 Å². The standard InChI is InChI=1S/C15H22FNO/c1-2-4-13(18)10-17-15-6-3-5-11-7-8-12(16)9-14(11)15/h7-9,13,15,17-18H,2-6,10H2,1H3. The number of nitrogens with one attached hydrogen (secondary N) is 1. The van der Waals surface area contributed by atoms with Gasteiger partial charge in [-0.15, -0.1) is 0 Å². The molecule has 0 spiro atoms. The van der Waals surface area contributed by atoms with Gasteiger partial charge < -0.3 is 10.4 Å². The number of rotatable bonds is 5. The molecule has 2 unspecified atom stereocenters. The third-order valence-electron chi connectivity index (χ3n) is 3.64. The summed E-state index contributed by atoms with van der Waals surface area (Å²) in [7, 11) is 0. The molecule has 2 rings (SSSR count). The first kappa shape index (κ1) is 13.5. The summed E-state index contributed by atoms with van der Waals surface area (Å²) in [6.07, 6.45) is 4.68. The largest absolute Gasteiger partial charge is 0.392 e. The van der Waals surface area contributed by atoms with Crippen molar-refractivity contribution in [1.29, 1.82) is 0 Å². The molecule has 0 aromatic heterocycles. The Kier molecular flexibility index (Phi) is 4.72. The molecule has 1 aromatic rings. The van der Waals surface area contributed by atoms with Crippen LogP contribution in [0, 0.1) is 5.82 Å². The Morgan fingerprint density at radius 2 is 2.33 bits per heavy atom.